The van der Waals surface area contributed by atoms with Crippen LogP contribution in [0.1, 0.15) is 64.4 Å². The monoisotopic (exact) mass is 316 g/mol. The molecule has 0 saturated carbocycles. The zero-order chi connectivity index (χ0) is 16.4. The van der Waals surface area contributed by atoms with Gasteiger partial charge in [0.15, 0.2) is 0 Å². The fourth-order valence-corrected chi connectivity index (χ4v) is 3.35. The number of rotatable bonds is 4. The predicted molar refractivity (Wildman–Crippen MR) is 87.0 cm³/mol. The molecular weight excluding hydrogens is 296 g/mol. The topological polar surface area (TPSA) is 72.8 Å². The van der Waals surface area contributed by atoms with Crippen molar-refractivity contribution in [2.45, 2.75) is 39.7 Å². The summed E-state index contributed by atoms with van der Waals surface area (Å²) in [6.07, 6.45) is 1.54. The van der Waals surface area contributed by atoms with Gasteiger partial charge in [-0.2, -0.15) is 5.26 Å². The Morgan fingerprint density at radius 2 is 2.14 bits per heavy atom. The molecular formula is C16H20N4OS. The highest BCUT2D eigenvalue weighted by atomic mass is 32.1. The van der Waals surface area contributed by atoms with Crippen molar-refractivity contribution in [3.05, 3.63) is 39.1 Å². The number of hydrogen-bond acceptors (Lipinski definition) is 4. The first-order chi connectivity index (χ1) is 10.3. The minimum atomic E-state index is -0.132. The number of nitriles is 1. The van der Waals surface area contributed by atoms with Crippen LogP contribution in [0.2, 0.25) is 0 Å². The second-order valence-corrected chi connectivity index (χ2v) is 6.72. The van der Waals surface area contributed by atoms with Crippen molar-refractivity contribution in [1.82, 2.24) is 14.9 Å². The molecule has 1 atom stereocenters. The normalized spacial score (nSPS) is 12.2. The highest BCUT2D eigenvalue weighted by Crippen LogP contribution is 2.32. The Labute approximate surface area is 134 Å². The molecule has 0 aromatic carbocycles. The van der Waals surface area contributed by atoms with Crippen molar-refractivity contribution >= 4 is 17.2 Å². The molecule has 1 amide bonds. The van der Waals surface area contributed by atoms with E-state index in [2.05, 4.69) is 23.8 Å². The minimum Gasteiger partial charge on any atom is -0.356 e. The minimum absolute atomic E-state index is 0.0636. The van der Waals surface area contributed by atoms with Gasteiger partial charge in [0.25, 0.3) is 5.91 Å². The number of nitrogens with one attached hydrogen (secondary N) is 1. The maximum Gasteiger partial charge on any atom is 0.270 e. The largest absolute Gasteiger partial charge is 0.356 e. The molecule has 0 bridgehead atoms. The summed E-state index contributed by atoms with van der Waals surface area (Å²) in [5, 5.41) is 9.94. The molecule has 22 heavy (non-hydrogen) atoms. The molecule has 1 N–H and O–H groups in total. The van der Waals surface area contributed by atoms with Crippen LogP contribution in [0.15, 0.2) is 12.3 Å². The van der Waals surface area contributed by atoms with Crippen molar-refractivity contribution < 1.29 is 4.79 Å². The Balaban J connectivity index is 2.23. The van der Waals surface area contributed by atoms with Crippen LogP contribution in [0.4, 0.5) is 0 Å². The maximum atomic E-state index is 12.5. The van der Waals surface area contributed by atoms with Crippen molar-refractivity contribution in [1.29, 1.82) is 5.26 Å². The summed E-state index contributed by atoms with van der Waals surface area (Å²) in [4.78, 5) is 22.7. The molecule has 2 heterocycles. The van der Waals surface area contributed by atoms with Crippen molar-refractivity contribution in [3.8, 4) is 6.07 Å². The van der Waals surface area contributed by atoms with E-state index in [-0.39, 0.29) is 11.9 Å². The van der Waals surface area contributed by atoms with E-state index in [1.54, 1.807) is 35.5 Å². The van der Waals surface area contributed by atoms with Crippen LogP contribution in [-0.2, 0) is 0 Å². The molecule has 2 aromatic rings. The summed E-state index contributed by atoms with van der Waals surface area (Å²) in [6, 6.07) is 3.53. The van der Waals surface area contributed by atoms with E-state index in [0.29, 0.717) is 17.2 Å². The summed E-state index contributed by atoms with van der Waals surface area (Å²) in [5.41, 5.74) is 1.86. The Kier molecular flexibility index (Phi) is 4.67. The fraction of sp³-hybridized carbons (Fsp3) is 0.438. The van der Waals surface area contributed by atoms with Crippen molar-refractivity contribution in [3.63, 3.8) is 0 Å². The summed E-state index contributed by atoms with van der Waals surface area (Å²) >= 11 is 1.66. The molecule has 0 aliphatic heterocycles. The van der Waals surface area contributed by atoms with Crippen LogP contribution >= 0.6 is 11.3 Å². The summed E-state index contributed by atoms with van der Waals surface area (Å²) in [7, 11) is 1.77. The predicted octanol–water partition coefficient (Wildman–Crippen LogP) is 3.61. The summed E-state index contributed by atoms with van der Waals surface area (Å²) in [6.45, 7) is 8.21. The van der Waals surface area contributed by atoms with Gasteiger partial charge in [0, 0.05) is 24.0 Å². The van der Waals surface area contributed by atoms with Gasteiger partial charge in [-0.3, -0.25) is 4.79 Å². The third kappa shape index (κ3) is 3.04. The molecule has 1 unspecified atom stereocenters. The number of amides is 1. The van der Waals surface area contributed by atoms with Gasteiger partial charge in [-0.25, -0.2) is 4.98 Å². The second-order valence-electron chi connectivity index (χ2n) is 5.66. The SMILES string of the molecule is Cc1nc(C(C)C)sc1C(C)N(C)C(=O)c1cc(C#N)c[nH]1. The van der Waals surface area contributed by atoms with Crippen LogP contribution in [0.5, 0.6) is 0 Å². The van der Waals surface area contributed by atoms with Gasteiger partial charge in [-0.05, 0) is 19.9 Å². The van der Waals surface area contributed by atoms with Crippen LogP contribution in [0.3, 0.4) is 0 Å². The molecule has 0 fully saturated rings. The zero-order valence-corrected chi connectivity index (χ0v) is 14.3. The van der Waals surface area contributed by atoms with Crippen LogP contribution in [0.25, 0.3) is 0 Å². The first-order valence-electron chi connectivity index (χ1n) is 7.18. The van der Waals surface area contributed by atoms with Gasteiger partial charge in [-0.1, -0.05) is 13.8 Å². The Morgan fingerprint density at radius 1 is 1.45 bits per heavy atom. The lowest BCUT2D eigenvalue weighted by Crippen LogP contribution is -2.29. The van der Waals surface area contributed by atoms with Crippen LogP contribution in [-0.4, -0.2) is 27.8 Å². The molecule has 2 aromatic heterocycles. The van der Waals surface area contributed by atoms with Crippen LogP contribution < -0.4 is 0 Å². The number of hydrogen-bond donors (Lipinski definition) is 1. The highest BCUT2D eigenvalue weighted by Gasteiger charge is 2.24. The van der Waals surface area contributed by atoms with E-state index < -0.39 is 0 Å². The zero-order valence-electron chi connectivity index (χ0n) is 13.5. The number of aryl methyl sites for hydroxylation is 1. The van der Waals surface area contributed by atoms with Crippen molar-refractivity contribution in [2.75, 3.05) is 7.05 Å². The average Bonchev–Trinajstić information content (AvgIpc) is 3.11. The Bertz CT molecular complexity index is 723. The number of aromatic amines is 1. The molecule has 0 radical (unpaired) electrons. The highest BCUT2D eigenvalue weighted by molar-refractivity contribution is 7.11. The molecule has 2 rings (SSSR count). The lowest BCUT2D eigenvalue weighted by Gasteiger charge is -2.24. The lowest BCUT2D eigenvalue weighted by atomic mass is 10.2. The first kappa shape index (κ1) is 16.2. The molecule has 0 aliphatic carbocycles. The third-order valence-electron chi connectivity index (χ3n) is 3.67. The smallest absolute Gasteiger partial charge is 0.270 e. The number of carbonyl (C=O) groups is 1. The summed E-state index contributed by atoms with van der Waals surface area (Å²) < 4.78 is 0. The van der Waals surface area contributed by atoms with Gasteiger partial charge in [-0.15, -0.1) is 11.3 Å². The van der Waals surface area contributed by atoms with Gasteiger partial charge >= 0.3 is 0 Å². The van der Waals surface area contributed by atoms with E-state index in [0.717, 1.165) is 15.6 Å². The number of H-pyrrole nitrogens is 1. The van der Waals surface area contributed by atoms with E-state index in [4.69, 9.17) is 5.26 Å². The number of nitrogens with zero attached hydrogens (tertiary/aromatic N) is 3. The molecule has 6 heteroatoms. The van der Waals surface area contributed by atoms with Crippen LogP contribution in [0, 0.1) is 18.3 Å². The lowest BCUT2D eigenvalue weighted by molar-refractivity contribution is 0.0739. The van der Waals surface area contributed by atoms with E-state index in [1.165, 1.54) is 0 Å². The Morgan fingerprint density at radius 3 is 2.64 bits per heavy atom. The molecule has 0 spiro atoms. The van der Waals surface area contributed by atoms with E-state index >= 15 is 0 Å². The fourth-order valence-electron chi connectivity index (χ4n) is 2.19. The van der Waals surface area contributed by atoms with Crippen molar-refractivity contribution in [2.24, 2.45) is 0 Å². The van der Waals surface area contributed by atoms with E-state index in [9.17, 15) is 4.79 Å². The van der Waals surface area contributed by atoms with Gasteiger partial charge in [0.2, 0.25) is 0 Å². The average molecular weight is 316 g/mol. The standard InChI is InChI=1S/C16H20N4OS/c1-9(2)15-19-10(3)14(22-15)11(4)20(5)16(21)13-6-12(7-17)8-18-13/h6,8-9,11,18H,1-5H3. The quantitative estimate of drug-likeness (QED) is 0.936. The number of thiazole rings is 1. The van der Waals surface area contributed by atoms with Gasteiger partial charge in [0.1, 0.15) is 11.8 Å². The van der Waals surface area contributed by atoms with Gasteiger partial charge in [0.05, 0.1) is 22.3 Å². The molecule has 5 nitrogen and oxygen atoms in total. The molecule has 0 saturated heterocycles. The molecule has 116 valence electrons. The first-order valence-corrected chi connectivity index (χ1v) is 7.99. The molecule has 0 aliphatic rings. The maximum absolute atomic E-state index is 12.5. The van der Waals surface area contributed by atoms with Gasteiger partial charge < -0.3 is 9.88 Å². The number of carbonyl (C=O) groups excluding carboxylic acids is 1. The second kappa shape index (κ2) is 6.32. The number of aromatic nitrogens is 2. The third-order valence-corrected chi connectivity index (χ3v) is 5.29. The Hall–Kier alpha value is -2.13. The van der Waals surface area contributed by atoms with E-state index in [1.807, 2.05) is 19.9 Å². The summed E-state index contributed by atoms with van der Waals surface area (Å²) in [5.74, 6) is 0.250.